The molecular weight excluding hydrogens is 320 g/mol. The molecule has 0 radical (unpaired) electrons. The Labute approximate surface area is 147 Å². The van der Waals surface area contributed by atoms with Gasteiger partial charge in [0.15, 0.2) is 0 Å². The van der Waals surface area contributed by atoms with Gasteiger partial charge in [-0.2, -0.15) is 0 Å². The molecule has 2 fully saturated rings. The number of hydrogen-bond acceptors (Lipinski definition) is 4. The molecule has 1 saturated heterocycles. The van der Waals surface area contributed by atoms with E-state index in [0.717, 1.165) is 35.3 Å². The molecule has 0 bridgehead atoms. The zero-order valence-electron chi connectivity index (χ0n) is 15.0. The van der Waals surface area contributed by atoms with Crippen LogP contribution in [0, 0.1) is 13.8 Å². The number of benzene rings is 1. The third kappa shape index (κ3) is 3.01. The summed E-state index contributed by atoms with van der Waals surface area (Å²) in [5.74, 6) is -0.414. The number of esters is 1. The van der Waals surface area contributed by atoms with Gasteiger partial charge in [-0.05, 0) is 38.3 Å². The number of aryl methyl sites for hydroxylation is 2. The van der Waals surface area contributed by atoms with Crippen LogP contribution in [-0.4, -0.2) is 46.8 Å². The van der Waals surface area contributed by atoms with Gasteiger partial charge in [-0.25, -0.2) is 9.59 Å². The fourth-order valence-electron chi connectivity index (χ4n) is 3.87. The van der Waals surface area contributed by atoms with Gasteiger partial charge in [0, 0.05) is 7.05 Å². The Morgan fingerprint density at radius 2 is 1.84 bits per heavy atom. The number of nitrogens with zero attached hydrogens (tertiary/aromatic N) is 2. The van der Waals surface area contributed by atoms with E-state index in [-0.39, 0.29) is 12.5 Å². The van der Waals surface area contributed by atoms with E-state index in [0.29, 0.717) is 18.6 Å². The maximum atomic E-state index is 12.9. The summed E-state index contributed by atoms with van der Waals surface area (Å²) in [4.78, 5) is 40.2. The normalized spacial score (nSPS) is 19.6. The van der Waals surface area contributed by atoms with Crippen molar-refractivity contribution in [2.24, 2.45) is 0 Å². The van der Waals surface area contributed by atoms with E-state index in [2.05, 4.69) is 0 Å². The van der Waals surface area contributed by atoms with Gasteiger partial charge in [-0.1, -0.05) is 37.0 Å². The van der Waals surface area contributed by atoms with Crippen LogP contribution in [0.15, 0.2) is 18.2 Å². The molecule has 1 heterocycles. The van der Waals surface area contributed by atoms with Crippen molar-refractivity contribution in [3.8, 4) is 5.75 Å². The third-order valence-corrected chi connectivity index (χ3v) is 5.33. The van der Waals surface area contributed by atoms with Gasteiger partial charge >= 0.3 is 12.0 Å². The Hall–Kier alpha value is -2.37. The second-order valence-corrected chi connectivity index (χ2v) is 7.07. The van der Waals surface area contributed by atoms with Crippen molar-refractivity contribution in [3.05, 3.63) is 29.3 Å². The molecule has 0 aromatic heterocycles. The minimum Gasteiger partial charge on any atom is -0.425 e. The quantitative estimate of drug-likeness (QED) is 0.480. The van der Waals surface area contributed by atoms with Crippen molar-refractivity contribution in [1.29, 1.82) is 0 Å². The topological polar surface area (TPSA) is 66.9 Å². The summed E-state index contributed by atoms with van der Waals surface area (Å²) in [6.07, 6.45) is 4.24. The zero-order valence-corrected chi connectivity index (χ0v) is 15.0. The molecule has 6 heteroatoms. The monoisotopic (exact) mass is 344 g/mol. The second kappa shape index (κ2) is 6.50. The van der Waals surface area contributed by atoms with Gasteiger partial charge in [0.05, 0.1) is 0 Å². The van der Waals surface area contributed by atoms with Crippen LogP contribution in [-0.2, 0) is 9.59 Å². The summed E-state index contributed by atoms with van der Waals surface area (Å²) in [5, 5.41) is 0. The summed E-state index contributed by atoms with van der Waals surface area (Å²) in [6, 6.07) is 5.08. The summed E-state index contributed by atoms with van der Waals surface area (Å²) in [7, 11) is 1.65. The van der Waals surface area contributed by atoms with E-state index in [4.69, 9.17) is 4.74 Å². The molecule has 0 atom stereocenters. The molecule has 0 unspecified atom stereocenters. The standard InChI is InChI=1S/C19H24N2O4/c1-13-7-8-15(14(2)11-13)25-16(22)12-21-17(23)19(20(3)18(21)24)9-5-4-6-10-19/h7-8,11H,4-6,9-10,12H2,1-3H3. The Morgan fingerprint density at radius 1 is 1.16 bits per heavy atom. The molecule has 2 aliphatic rings. The average Bonchev–Trinajstić information content (AvgIpc) is 2.75. The first-order valence-corrected chi connectivity index (χ1v) is 8.73. The fraction of sp³-hybridized carbons (Fsp3) is 0.526. The van der Waals surface area contributed by atoms with Crippen molar-refractivity contribution in [1.82, 2.24) is 9.80 Å². The largest absolute Gasteiger partial charge is 0.425 e. The summed E-state index contributed by atoms with van der Waals surface area (Å²) in [6.45, 7) is 3.46. The number of ether oxygens (including phenoxy) is 1. The SMILES string of the molecule is Cc1ccc(OC(=O)CN2C(=O)N(C)C3(CCCCC3)C2=O)c(C)c1. The molecule has 3 amide bonds. The molecule has 1 spiro atoms. The maximum Gasteiger partial charge on any atom is 0.331 e. The lowest BCUT2D eigenvalue weighted by Gasteiger charge is -2.35. The van der Waals surface area contributed by atoms with E-state index in [1.165, 1.54) is 4.90 Å². The van der Waals surface area contributed by atoms with Gasteiger partial charge < -0.3 is 9.64 Å². The van der Waals surface area contributed by atoms with Gasteiger partial charge in [-0.15, -0.1) is 0 Å². The van der Waals surface area contributed by atoms with Gasteiger partial charge in [0.2, 0.25) is 0 Å². The lowest BCUT2D eigenvalue weighted by atomic mass is 9.81. The predicted octanol–water partition coefficient (Wildman–Crippen LogP) is 2.81. The highest BCUT2D eigenvalue weighted by atomic mass is 16.5. The van der Waals surface area contributed by atoms with E-state index in [9.17, 15) is 14.4 Å². The lowest BCUT2D eigenvalue weighted by Crippen LogP contribution is -2.49. The molecule has 1 aromatic carbocycles. The first-order chi connectivity index (χ1) is 11.8. The summed E-state index contributed by atoms with van der Waals surface area (Å²) < 4.78 is 5.37. The van der Waals surface area contributed by atoms with Crippen molar-refractivity contribution in [2.75, 3.05) is 13.6 Å². The number of hydrogen-bond donors (Lipinski definition) is 0. The van der Waals surface area contributed by atoms with Crippen LogP contribution >= 0.6 is 0 Å². The Bertz CT molecular complexity index is 722. The summed E-state index contributed by atoms with van der Waals surface area (Å²) in [5.41, 5.74) is 1.14. The van der Waals surface area contributed by atoms with Gasteiger partial charge in [0.25, 0.3) is 5.91 Å². The summed E-state index contributed by atoms with van der Waals surface area (Å²) >= 11 is 0. The Kier molecular flexibility index (Phi) is 4.54. The highest BCUT2D eigenvalue weighted by molar-refractivity contribution is 6.08. The minimum absolute atomic E-state index is 0.266. The van der Waals surface area contributed by atoms with Crippen LogP contribution in [0.25, 0.3) is 0 Å². The minimum atomic E-state index is -0.768. The molecule has 134 valence electrons. The van der Waals surface area contributed by atoms with Crippen molar-refractivity contribution in [2.45, 2.75) is 51.5 Å². The van der Waals surface area contributed by atoms with Crippen molar-refractivity contribution in [3.63, 3.8) is 0 Å². The van der Waals surface area contributed by atoms with Crippen LogP contribution in [0.2, 0.25) is 0 Å². The number of imide groups is 1. The number of carbonyl (C=O) groups excluding carboxylic acids is 3. The van der Waals surface area contributed by atoms with Crippen LogP contribution in [0.4, 0.5) is 4.79 Å². The average molecular weight is 344 g/mol. The second-order valence-electron chi connectivity index (χ2n) is 7.07. The van der Waals surface area contributed by atoms with E-state index in [1.54, 1.807) is 13.1 Å². The number of rotatable bonds is 3. The van der Waals surface area contributed by atoms with Gasteiger partial charge in [0.1, 0.15) is 17.8 Å². The Morgan fingerprint density at radius 3 is 2.48 bits per heavy atom. The highest BCUT2D eigenvalue weighted by Gasteiger charge is 2.55. The molecule has 6 nitrogen and oxygen atoms in total. The van der Waals surface area contributed by atoms with Crippen LogP contribution < -0.4 is 4.74 Å². The number of amides is 3. The lowest BCUT2D eigenvalue weighted by molar-refractivity contribution is -0.142. The molecule has 1 aliphatic heterocycles. The predicted molar refractivity (Wildman–Crippen MR) is 92.2 cm³/mol. The number of likely N-dealkylation sites (N-methyl/N-ethyl adjacent to an activating group) is 1. The molecule has 1 aromatic rings. The molecule has 3 rings (SSSR count). The third-order valence-electron chi connectivity index (χ3n) is 5.33. The molecular formula is C19H24N2O4. The van der Waals surface area contributed by atoms with Crippen LogP contribution in [0.3, 0.4) is 0 Å². The van der Waals surface area contributed by atoms with Crippen molar-refractivity contribution >= 4 is 17.9 Å². The van der Waals surface area contributed by atoms with E-state index < -0.39 is 17.5 Å². The fourth-order valence-corrected chi connectivity index (χ4v) is 3.87. The molecule has 1 saturated carbocycles. The van der Waals surface area contributed by atoms with Crippen molar-refractivity contribution < 1.29 is 19.1 Å². The molecule has 1 aliphatic carbocycles. The molecule has 0 N–H and O–H groups in total. The maximum absolute atomic E-state index is 12.9. The van der Waals surface area contributed by atoms with E-state index >= 15 is 0 Å². The Balaban J connectivity index is 1.72. The first kappa shape index (κ1) is 17.5. The first-order valence-electron chi connectivity index (χ1n) is 8.73. The van der Waals surface area contributed by atoms with Crippen LogP contribution in [0.5, 0.6) is 5.75 Å². The highest BCUT2D eigenvalue weighted by Crippen LogP contribution is 2.39. The number of carbonyl (C=O) groups is 3. The number of urea groups is 1. The van der Waals surface area contributed by atoms with Crippen LogP contribution in [0.1, 0.15) is 43.2 Å². The van der Waals surface area contributed by atoms with Gasteiger partial charge in [-0.3, -0.25) is 9.69 Å². The van der Waals surface area contributed by atoms with E-state index in [1.807, 2.05) is 26.0 Å². The smallest absolute Gasteiger partial charge is 0.331 e. The zero-order chi connectivity index (χ0) is 18.2. The molecule has 25 heavy (non-hydrogen) atoms.